The molecule has 82 valence electrons. The molecule has 0 unspecified atom stereocenters. The van der Waals surface area contributed by atoms with E-state index < -0.39 is 0 Å². The Kier molecular flexibility index (Phi) is 3.59. The van der Waals surface area contributed by atoms with E-state index >= 15 is 0 Å². The van der Waals surface area contributed by atoms with Gasteiger partial charge in [0.1, 0.15) is 0 Å². The van der Waals surface area contributed by atoms with Crippen molar-refractivity contribution in [2.24, 2.45) is 0 Å². The van der Waals surface area contributed by atoms with Crippen LogP contribution in [0.3, 0.4) is 0 Å². The number of anilines is 1. The first-order valence-electron chi connectivity index (χ1n) is 4.35. The van der Waals surface area contributed by atoms with Crippen LogP contribution in [0.2, 0.25) is 0 Å². The predicted octanol–water partition coefficient (Wildman–Crippen LogP) is 3.22. The maximum atomic E-state index is 5.79. The third kappa shape index (κ3) is 2.82. The third-order valence-corrected chi connectivity index (χ3v) is 2.82. The van der Waals surface area contributed by atoms with Crippen molar-refractivity contribution in [2.75, 3.05) is 5.73 Å². The number of rotatable bonds is 2. The van der Waals surface area contributed by atoms with Crippen LogP contribution in [-0.2, 0) is 0 Å². The van der Waals surface area contributed by atoms with Crippen LogP contribution in [0.25, 0.3) is 0 Å². The summed E-state index contributed by atoms with van der Waals surface area (Å²) in [6.45, 7) is 0. The average molecular weight is 392 g/mol. The van der Waals surface area contributed by atoms with E-state index in [0.29, 0.717) is 11.4 Å². The molecule has 0 saturated carbocycles. The van der Waals surface area contributed by atoms with Crippen molar-refractivity contribution in [3.8, 4) is 11.8 Å². The van der Waals surface area contributed by atoms with E-state index in [9.17, 15) is 0 Å². The highest BCUT2D eigenvalue weighted by Crippen LogP contribution is 2.28. The Morgan fingerprint density at radius 3 is 2.56 bits per heavy atom. The van der Waals surface area contributed by atoms with Crippen LogP contribution in [0.15, 0.2) is 35.1 Å². The summed E-state index contributed by atoms with van der Waals surface area (Å²) in [4.78, 5) is 8.06. The molecule has 1 aromatic heterocycles. The van der Waals surface area contributed by atoms with Crippen LogP contribution in [0, 0.1) is 3.57 Å². The van der Waals surface area contributed by atoms with Crippen LogP contribution < -0.4 is 10.5 Å². The molecular formula is C10H7BrIN3O. The minimum atomic E-state index is 0.287. The van der Waals surface area contributed by atoms with Gasteiger partial charge in [-0.1, -0.05) is 15.9 Å². The number of aromatic nitrogens is 2. The van der Waals surface area contributed by atoms with Crippen LogP contribution >= 0.6 is 38.5 Å². The summed E-state index contributed by atoms with van der Waals surface area (Å²) >= 11 is 5.45. The molecule has 0 radical (unpaired) electrons. The van der Waals surface area contributed by atoms with Gasteiger partial charge >= 0.3 is 6.01 Å². The fraction of sp³-hybridized carbons (Fsp3) is 0. The Morgan fingerprint density at radius 2 is 1.94 bits per heavy atom. The molecule has 2 rings (SSSR count). The molecule has 2 aromatic rings. The maximum Gasteiger partial charge on any atom is 0.322 e. The van der Waals surface area contributed by atoms with Crippen molar-refractivity contribution >= 4 is 44.2 Å². The average Bonchev–Trinajstić information content (AvgIpc) is 2.25. The van der Waals surface area contributed by atoms with Gasteiger partial charge in [-0.05, 0) is 40.8 Å². The minimum Gasteiger partial charge on any atom is -0.422 e. The van der Waals surface area contributed by atoms with Crippen molar-refractivity contribution in [1.29, 1.82) is 0 Å². The molecule has 6 heteroatoms. The lowest BCUT2D eigenvalue weighted by atomic mass is 10.3. The first-order chi connectivity index (χ1) is 7.65. The van der Waals surface area contributed by atoms with Gasteiger partial charge in [-0.2, -0.15) is 0 Å². The second kappa shape index (κ2) is 4.96. The van der Waals surface area contributed by atoms with Crippen LogP contribution in [0.1, 0.15) is 0 Å². The zero-order chi connectivity index (χ0) is 11.5. The van der Waals surface area contributed by atoms with E-state index in [1.54, 1.807) is 24.5 Å². The molecule has 0 aliphatic rings. The summed E-state index contributed by atoms with van der Waals surface area (Å²) in [5, 5.41) is 0. The van der Waals surface area contributed by atoms with E-state index in [1.807, 2.05) is 6.07 Å². The Bertz CT molecular complexity index is 504. The van der Waals surface area contributed by atoms with E-state index in [1.165, 1.54) is 0 Å². The molecule has 0 aliphatic carbocycles. The molecule has 0 atom stereocenters. The number of hydrogen-bond acceptors (Lipinski definition) is 4. The normalized spacial score (nSPS) is 10.1. The molecular weight excluding hydrogens is 385 g/mol. The van der Waals surface area contributed by atoms with Crippen LogP contribution in [0.5, 0.6) is 11.8 Å². The Labute approximate surface area is 115 Å². The van der Waals surface area contributed by atoms with Gasteiger partial charge in [0, 0.05) is 20.4 Å². The number of halogens is 2. The molecule has 1 heterocycles. The Balaban J connectivity index is 2.23. The smallest absolute Gasteiger partial charge is 0.322 e. The predicted molar refractivity (Wildman–Crippen MR) is 73.4 cm³/mol. The lowest BCUT2D eigenvalue weighted by Crippen LogP contribution is -1.95. The molecule has 16 heavy (non-hydrogen) atoms. The molecule has 4 nitrogen and oxygen atoms in total. The monoisotopic (exact) mass is 391 g/mol. The van der Waals surface area contributed by atoms with E-state index in [0.717, 1.165) is 8.04 Å². The fourth-order valence-corrected chi connectivity index (χ4v) is 1.72. The van der Waals surface area contributed by atoms with Crippen molar-refractivity contribution < 1.29 is 4.74 Å². The molecule has 0 spiro atoms. The quantitative estimate of drug-likeness (QED) is 0.630. The van der Waals surface area contributed by atoms with Gasteiger partial charge < -0.3 is 10.5 Å². The van der Waals surface area contributed by atoms with Gasteiger partial charge in [0.2, 0.25) is 0 Å². The number of nitrogen functional groups attached to an aromatic ring is 1. The molecule has 0 bridgehead atoms. The highest BCUT2D eigenvalue weighted by atomic mass is 127. The number of benzene rings is 1. The Morgan fingerprint density at radius 1 is 1.25 bits per heavy atom. The lowest BCUT2D eigenvalue weighted by molar-refractivity contribution is 0.443. The molecule has 0 aliphatic heterocycles. The van der Waals surface area contributed by atoms with Gasteiger partial charge in [0.15, 0.2) is 5.75 Å². The standard InChI is InChI=1S/C10H7BrIN3O/c11-6-1-2-9(8(13)3-6)16-10-14-4-7(12)5-15-10/h1-5H,13H2. The summed E-state index contributed by atoms with van der Waals surface area (Å²) < 4.78 is 7.30. The number of nitrogens with two attached hydrogens (primary N) is 1. The second-order valence-electron chi connectivity index (χ2n) is 2.97. The molecule has 0 saturated heterocycles. The van der Waals surface area contributed by atoms with E-state index in [4.69, 9.17) is 10.5 Å². The van der Waals surface area contributed by atoms with Gasteiger partial charge in [0.25, 0.3) is 0 Å². The van der Waals surface area contributed by atoms with Crippen molar-refractivity contribution in [2.45, 2.75) is 0 Å². The maximum absolute atomic E-state index is 5.79. The van der Waals surface area contributed by atoms with E-state index in [2.05, 4.69) is 48.5 Å². The summed E-state index contributed by atoms with van der Waals surface area (Å²) in [6.07, 6.45) is 3.36. The SMILES string of the molecule is Nc1cc(Br)ccc1Oc1ncc(I)cn1. The summed E-state index contributed by atoms with van der Waals surface area (Å²) in [5.41, 5.74) is 6.33. The number of hydrogen-bond donors (Lipinski definition) is 1. The topological polar surface area (TPSA) is 61.0 Å². The first kappa shape index (κ1) is 11.6. The minimum absolute atomic E-state index is 0.287. The largest absolute Gasteiger partial charge is 0.422 e. The first-order valence-corrected chi connectivity index (χ1v) is 6.23. The highest BCUT2D eigenvalue weighted by Gasteiger charge is 2.04. The zero-order valence-electron chi connectivity index (χ0n) is 8.02. The Hall–Kier alpha value is -0.890. The summed E-state index contributed by atoms with van der Waals surface area (Å²) in [5.74, 6) is 0.546. The summed E-state index contributed by atoms with van der Waals surface area (Å²) in [7, 11) is 0. The molecule has 0 amide bonds. The zero-order valence-corrected chi connectivity index (χ0v) is 11.8. The van der Waals surface area contributed by atoms with Gasteiger partial charge in [-0.25, -0.2) is 9.97 Å². The summed E-state index contributed by atoms with van der Waals surface area (Å²) in [6, 6.07) is 5.66. The second-order valence-corrected chi connectivity index (χ2v) is 5.13. The van der Waals surface area contributed by atoms with Crippen LogP contribution in [0.4, 0.5) is 5.69 Å². The molecule has 2 N–H and O–H groups in total. The van der Waals surface area contributed by atoms with Crippen LogP contribution in [-0.4, -0.2) is 9.97 Å². The number of ether oxygens (including phenoxy) is 1. The fourth-order valence-electron chi connectivity index (χ4n) is 1.06. The van der Waals surface area contributed by atoms with E-state index in [-0.39, 0.29) is 6.01 Å². The molecule has 0 fully saturated rings. The van der Waals surface area contributed by atoms with Gasteiger partial charge in [-0.15, -0.1) is 0 Å². The molecule has 1 aromatic carbocycles. The van der Waals surface area contributed by atoms with Gasteiger partial charge in [-0.3, -0.25) is 0 Å². The van der Waals surface area contributed by atoms with Crippen molar-refractivity contribution in [3.63, 3.8) is 0 Å². The van der Waals surface area contributed by atoms with Gasteiger partial charge in [0.05, 0.1) is 5.69 Å². The number of nitrogens with zero attached hydrogens (tertiary/aromatic N) is 2. The van der Waals surface area contributed by atoms with Crippen molar-refractivity contribution in [1.82, 2.24) is 9.97 Å². The van der Waals surface area contributed by atoms with Crippen molar-refractivity contribution in [3.05, 3.63) is 38.6 Å². The lowest BCUT2D eigenvalue weighted by Gasteiger charge is -2.06. The highest BCUT2D eigenvalue weighted by molar-refractivity contribution is 14.1. The third-order valence-electron chi connectivity index (χ3n) is 1.77.